The molecule has 1 heterocycles. The molecule has 0 aliphatic heterocycles. The van der Waals surface area contributed by atoms with Crippen molar-refractivity contribution in [3.63, 3.8) is 0 Å². The fraction of sp³-hybridized carbons (Fsp3) is 0.400. The van der Waals surface area contributed by atoms with Crippen LogP contribution in [0.25, 0.3) is 0 Å². The first-order valence-corrected chi connectivity index (χ1v) is 8.50. The summed E-state index contributed by atoms with van der Waals surface area (Å²) in [5.74, 6) is 1.40. The fourth-order valence-electron chi connectivity index (χ4n) is 2.24. The topological polar surface area (TPSA) is 90.7 Å². The standard InChI is InChI=1S/C15H20N2O5S/c1-10-13(11(2)22-17-10)7-8-16-23(18,19)15-9-12(20-3)5-6-14(15)21-4/h5-6,9,16H,7-8H2,1-4H3. The van der Waals surface area contributed by atoms with Gasteiger partial charge >= 0.3 is 0 Å². The molecule has 126 valence electrons. The predicted octanol–water partition coefficient (Wildman–Crippen LogP) is 1.83. The minimum atomic E-state index is -3.72. The van der Waals surface area contributed by atoms with Crippen LogP contribution in [0.15, 0.2) is 27.6 Å². The highest BCUT2D eigenvalue weighted by Gasteiger charge is 2.20. The van der Waals surface area contributed by atoms with E-state index in [1.54, 1.807) is 19.1 Å². The lowest BCUT2D eigenvalue weighted by Crippen LogP contribution is -2.26. The van der Waals surface area contributed by atoms with Gasteiger partial charge in [-0.15, -0.1) is 0 Å². The van der Waals surface area contributed by atoms with Gasteiger partial charge in [-0.1, -0.05) is 5.16 Å². The van der Waals surface area contributed by atoms with Gasteiger partial charge < -0.3 is 14.0 Å². The van der Waals surface area contributed by atoms with Gasteiger partial charge in [0, 0.05) is 18.2 Å². The second-order valence-corrected chi connectivity index (χ2v) is 6.70. The average molecular weight is 340 g/mol. The molecule has 1 N–H and O–H groups in total. The highest BCUT2D eigenvalue weighted by atomic mass is 32.2. The number of nitrogens with zero attached hydrogens (tertiary/aromatic N) is 1. The average Bonchev–Trinajstić information content (AvgIpc) is 2.86. The number of rotatable bonds is 7. The first-order chi connectivity index (χ1) is 10.9. The predicted molar refractivity (Wildman–Crippen MR) is 84.4 cm³/mol. The number of ether oxygens (including phenoxy) is 2. The molecule has 0 saturated heterocycles. The van der Waals surface area contributed by atoms with E-state index < -0.39 is 10.0 Å². The number of aromatic nitrogens is 1. The summed E-state index contributed by atoms with van der Waals surface area (Å²) in [6, 6.07) is 4.63. The van der Waals surface area contributed by atoms with Crippen molar-refractivity contribution in [3.05, 3.63) is 35.2 Å². The van der Waals surface area contributed by atoms with E-state index in [4.69, 9.17) is 14.0 Å². The summed E-state index contributed by atoms with van der Waals surface area (Å²) in [6.07, 6.45) is 0.493. The summed E-state index contributed by atoms with van der Waals surface area (Å²) in [5, 5.41) is 3.85. The third kappa shape index (κ3) is 3.83. The van der Waals surface area contributed by atoms with Gasteiger partial charge in [0.05, 0.1) is 19.9 Å². The molecule has 0 radical (unpaired) electrons. The summed E-state index contributed by atoms with van der Waals surface area (Å²) >= 11 is 0. The maximum Gasteiger partial charge on any atom is 0.244 e. The van der Waals surface area contributed by atoms with Crippen molar-refractivity contribution in [2.75, 3.05) is 20.8 Å². The smallest absolute Gasteiger partial charge is 0.244 e. The number of nitrogens with one attached hydrogen (secondary N) is 1. The molecule has 1 aromatic carbocycles. The molecule has 2 rings (SSSR count). The van der Waals surface area contributed by atoms with Crippen LogP contribution in [0.1, 0.15) is 17.0 Å². The Morgan fingerprint density at radius 3 is 2.52 bits per heavy atom. The van der Waals surface area contributed by atoms with Crippen LogP contribution in [0.2, 0.25) is 0 Å². The number of benzene rings is 1. The van der Waals surface area contributed by atoms with Crippen molar-refractivity contribution < 1.29 is 22.4 Å². The van der Waals surface area contributed by atoms with Crippen molar-refractivity contribution in [1.82, 2.24) is 9.88 Å². The number of sulfonamides is 1. The lowest BCUT2D eigenvalue weighted by atomic mass is 10.1. The molecule has 8 heteroatoms. The molecule has 0 aliphatic carbocycles. The first kappa shape index (κ1) is 17.3. The molecule has 0 aliphatic rings. The van der Waals surface area contributed by atoms with E-state index in [2.05, 4.69) is 9.88 Å². The molecular weight excluding hydrogens is 320 g/mol. The number of methoxy groups -OCH3 is 2. The largest absolute Gasteiger partial charge is 0.497 e. The Balaban J connectivity index is 2.16. The van der Waals surface area contributed by atoms with Gasteiger partial charge in [-0.2, -0.15) is 0 Å². The molecule has 23 heavy (non-hydrogen) atoms. The van der Waals surface area contributed by atoms with Crippen LogP contribution in [0.5, 0.6) is 11.5 Å². The molecule has 0 bridgehead atoms. The van der Waals surface area contributed by atoms with Crippen LogP contribution in [-0.4, -0.2) is 34.3 Å². The van der Waals surface area contributed by atoms with Gasteiger partial charge in [0.2, 0.25) is 10.0 Å². The van der Waals surface area contributed by atoms with E-state index in [9.17, 15) is 8.42 Å². The van der Waals surface area contributed by atoms with Crippen LogP contribution < -0.4 is 14.2 Å². The second-order valence-electron chi connectivity index (χ2n) is 4.97. The van der Waals surface area contributed by atoms with E-state index in [1.807, 2.05) is 6.92 Å². The van der Waals surface area contributed by atoms with E-state index in [0.29, 0.717) is 17.9 Å². The normalized spacial score (nSPS) is 11.5. The lowest BCUT2D eigenvalue weighted by Gasteiger charge is -2.12. The van der Waals surface area contributed by atoms with Crippen LogP contribution >= 0.6 is 0 Å². The molecular formula is C15H20N2O5S. The summed E-state index contributed by atoms with van der Waals surface area (Å²) in [7, 11) is -0.824. The van der Waals surface area contributed by atoms with Crippen molar-refractivity contribution in [3.8, 4) is 11.5 Å². The minimum Gasteiger partial charge on any atom is -0.497 e. The maximum atomic E-state index is 12.5. The van der Waals surface area contributed by atoms with Crippen LogP contribution in [-0.2, 0) is 16.4 Å². The third-order valence-corrected chi connectivity index (χ3v) is 4.99. The zero-order chi connectivity index (χ0) is 17.0. The Morgan fingerprint density at radius 2 is 1.96 bits per heavy atom. The van der Waals surface area contributed by atoms with Gasteiger partial charge in [-0.25, -0.2) is 13.1 Å². The summed E-state index contributed by atoms with van der Waals surface area (Å²) in [6.45, 7) is 3.85. The van der Waals surface area contributed by atoms with Gasteiger partial charge in [0.15, 0.2) is 0 Å². The Kier molecular flexibility index (Phi) is 5.27. The quantitative estimate of drug-likeness (QED) is 0.827. The van der Waals surface area contributed by atoms with Gasteiger partial charge in [0.1, 0.15) is 22.2 Å². The zero-order valence-corrected chi connectivity index (χ0v) is 14.4. The highest BCUT2D eigenvalue weighted by Crippen LogP contribution is 2.28. The van der Waals surface area contributed by atoms with Crippen molar-refractivity contribution in [1.29, 1.82) is 0 Å². The van der Waals surface area contributed by atoms with Gasteiger partial charge in [-0.3, -0.25) is 0 Å². The van der Waals surface area contributed by atoms with E-state index in [-0.39, 0.29) is 17.2 Å². The summed E-state index contributed by atoms with van der Waals surface area (Å²) in [4.78, 5) is 0.0399. The van der Waals surface area contributed by atoms with Gasteiger partial charge in [0.25, 0.3) is 0 Å². The summed E-state index contributed by atoms with van der Waals surface area (Å²) in [5.41, 5.74) is 1.67. The Bertz CT molecular complexity index is 764. The molecule has 0 unspecified atom stereocenters. The maximum absolute atomic E-state index is 12.5. The fourth-order valence-corrected chi connectivity index (χ4v) is 3.45. The third-order valence-electron chi connectivity index (χ3n) is 3.51. The summed E-state index contributed by atoms with van der Waals surface area (Å²) < 4.78 is 42.8. The second kappa shape index (κ2) is 7.01. The van der Waals surface area contributed by atoms with Gasteiger partial charge in [-0.05, 0) is 32.4 Å². The van der Waals surface area contributed by atoms with Crippen LogP contribution in [0, 0.1) is 13.8 Å². The molecule has 0 spiro atoms. The Labute approximate surface area is 135 Å². The zero-order valence-electron chi connectivity index (χ0n) is 13.5. The van der Waals surface area contributed by atoms with E-state index in [1.165, 1.54) is 20.3 Å². The van der Waals surface area contributed by atoms with Crippen molar-refractivity contribution in [2.24, 2.45) is 0 Å². The monoisotopic (exact) mass is 340 g/mol. The van der Waals surface area contributed by atoms with Crippen LogP contribution in [0.4, 0.5) is 0 Å². The molecule has 0 amide bonds. The van der Waals surface area contributed by atoms with E-state index in [0.717, 1.165) is 11.3 Å². The molecule has 0 saturated carbocycles. The first-order valence-electron chi connectivity index (χ1n) is 7.02. The molecule has 2 aromatic rings. The number of hydrogen-bond acceptors (Lipinski definition) is 6. The number of aryl methyl sites for hydroxylation is 2. The number of hydrogen-bond donors (Lipinski definition) is 1. The molecule has 1 aromatic heterocycles. The van der Waals surface area contributed by atoms with E-state index >= 15 is 0 Å². The Morgan fingerprint density at radius 1 is 1.22 bits per heavy atom. The highest BCUT2D eigenvalue weighted by molar-refractivity contribution is 7.89. The van der Waals surface area contributed by atoms with Crippen molar-refractivity contribution in [2.45, 2.75) is 25.2 Å². The minimum absolute atomic E-state index is 0.0399. The molecule has 7 nitrogen and oxygen atoms in total. The SMILES string of the molecule is COc1ccc(OC)c(S(=O)(=O)NCCc2c(C)noc2C)c1. The lowest BCUT2D eigenvalue weighted by molar-refractivity contribution is 0.391. The van der Waals surface area contributed by atoms with Crippen LogP contribution in [0.3, 0.4) is 0 Å². The molecule has 0 fully saturated rings. The van der Waals surface area contributed by atoms with Crippen molar-refractivity contribution >= 4 is 10.0 Å². The molecule has 0 atom stereocenters. The Hall–Kier alpha value is -2.06.